The summed E-state index contributed by atoms with van der Waals surface area (Å²) < 4.78 is 0. The maximum atomic E-state index is 2.35. The third-order valence-electron chi connectivity index (χ3n) is 5.25. The second kappa shape index (κ2) is 8.99. The van der Waals surface area contributed by atoms with Crippen LogP contribution >= 0.6 is 0 Å². The third-order valence-corrected chi connectivity index (χ3v) is 5.25. The van der Waals surface area contributed by atoms with Crippen LogP contribution in [0.25, 0.3) is 0 Å². The summed E-state index contributed by atoms with van der Waals surface area (Å²) in [7, 11) is 0. The van der Waals surface area contributed by atoms with E-state index in [0.717, 1.165) is 11.3 Å². The SMILES string of the molecule is CCCCC1CCC(CCCC)(CCCC)CC1. The zero-order chi connectivity index (χ0) is 13.3. The summed E-state index contributed by atoms with van der Waals surface area (Å²) in [5, 5.41) is 0. The van der Waals surface area contributed by atoms with Crippen molar-refractivity contribution in [3.05, 3.63) is 0 Å². The van der Waals surface area contributed by atoms with Crippen molar-refractivity contribution in [1.29, 1.82) is 0 Å². The molecule has 0 aliphatic heterocycles. The Hall–Kier alpha value is 0. The van der Waals surface area contributed by atoms with Crippen LogP contribution in [0.1, 0.15) is 104 Å². The van der Waals surface area contributed by atoms with Gasteiger partial charge in [-0.2, -0.15) is 0 Å². The van der Waals surface area contributed by atoms with Gasteiger partial charge in [0.15, 0.2) is 0 Å². The van der Waals surface area contributed by atoms with Gasteiger partial charge in [0.1, 0.15) is 0 Å². The zero-order valence-electron chi connectivity index (χ0n) is 13.3. The van der Waals surface area contributed by atoms with Gasteiger partial charge in [0, 0.05) is 0 Å². The Morgan fingerprint density at radius 3 is 1.72 bits per heavy atom. The molecule has 0 unspecified atom stereocenters. The number of rotatable bonds is 9. The van der Waals surface area contributed by atoms with E-state index in [2.05, 4.69) is 20.8 Å². The van der Waals surface area contributed by atoms with E-state index in [4.69, 9.17) is 0 Å². The monoisotopic (exact) mass is 252 g/mol. The molecule has 108 valence electrons. The first kappa shape index (κ1) is 16.1. The molecule has 1 aliphatic rings. The summed E-state index contributed by atoms with van der Waals surface area (Å²) in [6, 6.07) is 0. The Morgan fingerprint density at radius 1 is 0.778 bits per heavy atom. The molecule has 18 heavy (non-hydrogen) atoms. The first-order valence-electron chi connectivity index (χ1n) is 8.76. The summed E-state index contributed by atoms with van der Waals surface area (Å²) in [6.07, 6.45) is 19.2. The minimum absolute atomic E-state index is 0.759. The summed E-state index contributed by atoms with van der Waals surface area (Å²) in [6.45, 7) is 7.02. The van der Waals surface area contributed by atoms with Crippen molar-refractivity contribution >= 4 is 0 Å². The van der Waals surface area contributed by atoms with E-state index in [1.165, 1.54) is 70.6 Å². The molecular formula is C18H36. The van der Waals surface area contributed by atoms with Gasteiger partial charge in [0.2, 0.25) is 0 Å². The molecule has 0 spiro atoms. The molecule has 0 heterocycles. The molecule has 0 atom stereocenters. The van der Waals surface area contributed by atoms with Crippen molar-refractivity contribution in [2.75, 3.05) is 0 Å². The highest BCUT2D eigenvalue weighted by molar-refractivity contribution is 4.85. The van der Waals surface area contributed by atoms with Crippen LogP contribution in [0.2, 0.25) is 0 Å². The Kier molecular flexibility index (Phi) is 8.02. The van der Waals surface area contributed by atoms with Gasteiger partial charge in [-0.15, -0.1) is 0 Å². The van der Waals surface area contributed by atoms with Crippen LogP contribution in [0.3, 0.4) is 0 Å². The molecule has 0 amide bonds. The maximum Gasteiger partial charge on any atom is -0.0297 e. The molecule has 0 bridgehead atoms. The third kappa shape index (κ3) is 5.33. The van der Waals surface area contributed by atoms with E-state index in [1.54, 1.807) is 12.8 Å². The summed E-state index contributed by atoms with van der Waals surface area (Å²) in [5.41, 5.74) is 0.759. The molecule has 0 N–H and O–H groups in total. The van der Waals surface area contributed by atoms with E-state index >= 15 is 0 Å². The fourth-order valence-corrected chi connectivity index (χ4v) is 3.80. The van der Waals surface area contributed by atoms with Gasteiger partial charge in [0.25, 0.3) is 0 Å². The van der Waals surface area contributed by atoms with E-state index in [0.29, 0.717) is 0 Å². The Balaban J connectivity index is 2.39. The van der Waals surface area contributed by atoms with Crippen LogP contribution in [0.4, 0.5) is 0 Å². The summed E-state index contributed by atoms with van der Waals surface area (Å²) >= 11 is 0. The fraction of sp³-hybridized carbons (Fsp3) is 1.00. The highest BCUT2D eigenvalue weighted by Crippen LogP contribution is 2.47. The van der Waals surface area contributed by atoms with Crippen LogP contribution in [-0.4, -0.2) is 0 Å². The summed E-state index contributed by atoms with van der Waals surface area (Å²) in [5.74, 6) is 1.07. The lowest BCUT2D eigenvalue weighted by molar-refractivity contribution is 0.113. The number of unbranched alkanes of at least 4 members (excludes halogenated alkanes) is 3. The Morgan fingerprint density at radius 2 is 1.28 bits per heavy atom. The quantitative estimate of drug-likeness (QED) is 0.426. The van der Waals surface area contributed by atoms with E-state index in [-0.39, 0.29) is 0 Å². The number of hydrogen-bond acceptors (Lipinski definition) is 0. The second-order valence-electron chi connectivity index (χ2n) is 6.79. The lowest BCUT2D eigenvalue weighted by Gasteiger charge is -2.41. The first-order valence-corrected chi connectivity index (χ1v) is 8.76. The van der Waals surface area contributed by atoms with Crippen molar-refractivity contribution < 1.29 is 0 Å². The van der Waals surface area contributed by atoms with Gasteiger partial charge >= 0.3 is 0 Å². The molecule has 1 rings (SSSR count). The largest absolute Gasteiger partial charge is 0.0654 e. The molecule has 1 saturated carbocycles. The normalized spacial score (nSPS) is 20.2. The molecule has 0 nitrogen and oxygen atoms in total. The minimum atomic E-state index is 0.759. The van der Waals surface area contributed by atoms with E-state index < -0.39 is 0 Å². The summed E-state index contributed by atoms with van der Waals surface area (Å²) in [4.78, 5) is 0. The van der Waals surface area contributed by atoms with E-state index in [9.17, 15) is 0 Å². The van der Waals surface area contributed by atoms with Crippen molar-refractivity contribution in [3.8, 4) is 0 Å². The maximum absolute atomic E-state index is 2.35. The fourth-order valence-electron chi connectivity index (χ4n) is 3.80. The van der Waals surface area contributed by atoms with Crippen LogP contribution in [0, 0.1) is 11.3 Å². The number of hydrogen-bond donors (Lipinski definition) is 0. The van der Waals surface area contributed by atoms with Gasteiger partial charge in [-0.1, -0.05) is 65.7 Å². The second-order valence-corrected chi connectivity index (χ2v) is 6.79. The van der Waals surface area contributed by atoms with E-state index in [1.807, 2.05) is 0 Å². The first-order chi connectivity index (χ1) is 8.76. The topological polar surface area (TPSA) is 0 Å². The molecule has 0 radical (unpaired) electrons. The van der Waals surface area contributed by atoms with Crippen molar-refractivity contribution in [3.63, 3.8) is 0 Å². The zero-order valence-corrected chi connectivity index (χ0v) is 13.3. The standard InChI is InChI=1S/C18H36/c1-4-7-10-17-11-15-18(16-12-17,13-8-5-2)14-9-6-3/h17H,4-16H2,1-3H3. The predicted molar refractivity (Wildman–Crippen MR) is 83.0 cm³/mol. The molecule has 0 saturated heterocycles. The van der Waals surface area contributed by atoms with Gasteiger partial charge < -0.3 is 0 Å². The van der Waals surface area contributed by atoms with Crippen LogP contribution in [0.15, 0.2) is 0 Å². The van der Waals surface area contributed by atoms with Gasteiger partial charge in [0.05, 0.1) is 0 Å². The molecule has 1 aliphatic carbocycles. The average Bonchev–Trinajstić information content (AvgIpc) is 2.42. The van der Waals surface area contributed by atoms with Crippen LogP contribution < -0.4 is 0 Å². The Labute approximate surface area is 116 Å². The van der Waals surface area contributed by atoms with Crippen molar-refractivity contribution in [2.45, 2.75) is 104 Å². The van der Waals surface area contributed by atoms with Crippen LogP contribution in [-0.2, 0) is 0 Å². The Bertz CT molecular complexity index is 176. The molecule has 0 aromatic carbocycles. The molecule has 0 aromatic heterocycles. The van der Waals surface area contributed by atoms with Gasteiger partial charge in [-0.05, 0) is 49.9 Å². The molecule has 1 fully saturated rings. The smallest absolute Gasteiger partial charge is 0.0297 e. The van der Waals surface area contributed by atoms with Crippen molar-refractivity contribution in [2.24, 2.45) is 11.3 Å². The predicted octanol–water partition coefficient (Wildman–Crippen LogP) is 6.73. The highest BCUT2D eigenvalue weighted by Gasteiger charge is 2.33. The molecule has 0 aromatic rings. The van der Waals surface area contributed by atoms with Crippen LogP contribution in [0.5, 0.6) is 0 Å². The molecular weight excluding hydrogens is 216 g/mol. The lowest BCUT2D eigenvalue weighted by Crippen LogP contribution is -2.27. The minimum Gasteiger partial charge on any atom is -0.0654 e. The highest BCUT2D eigenvalue weighted by atomic mass is 14.4. The van der Waals surface area contributed by atoms with Crippen molar-refractivity contribution in [1.82, 2.24) is 0 Å². The average molecular weight is 252 g/mol. The van der Waals surface area contributed by atoms with Gasteiger partial charge in [-0.25, -0.2) is 0 Å². The van der Waals surface area contributed by atoms with Gasteiger partial charge in [-0.3, -0.25) is 0 Å². The molecule has 0 heteroatoms. The lowest BCUT2D eigenvalue weighted by atomic mass is 9.65.